The van der Waals surface area contributed by atoms with Crippen LogP contribution in [0.15, 0.2) is 18.2 Å². The number of nitrogens with zero attached hydrogens (tertiary/aromatic N) is 1. The van der Waals surface area contributed by atoms with E-state index in [0.717, 1.165) is 19.4 Å². The number of anilines is 1. The number of benzene rings is 1. The van der Waals surface area contributed by atoms with Crippen LogP contribution in [0.3, 0.4) is 0 Å². The number of carbonyl (C=O) groups is 1. The topological polar surface area (TPSA) is 52.6 Å². The van der Waals surface area contributed by atoms with Crippen molar-refractivity contribution in [3.8, 4) is 0 Å². The van der Waals surface area contributed by atoms with E-state index < -0.39 is 0 Å². The minimum atomic E-state index is -0.349. The largest absolute Gasteiger partial charge is 0.392 e. The van der Waals surface area contributed by atoms with E-state index in [4.69, 9.17) is 0 Å². The smallest absolute Gasteiger partial charge is 0.238 e. The second-order valence-corrected chi connectivity index (χ2v) is 5.04. The van der Waals surface area contributed by atoms with Crippen molar-refractivity contribution in [2.24, 2.45) is 0 Å². The molecule has 0 bridgehead atoms. The van der Waals surface area contributed by atoms with E-state index in [1.165, 1.54) is 6.07 Å². The van der Waals surface area contributed by atoms with Gasteiger partial charge in [-0.25, -0.2) is 4.39 Å². The number of aliphatic hydroxyl groups is 1. The third kappa shape index (κ3) is 4.01. The van der Waals surface area contributed by atoms with Crippen molar-refractivity contribution < 1.29 is 14.3 Å². The predicted molar refractivity (Wildman–Crippen MR) is 71.4 cm³/mol. The monoisotopic (exact) mass is 266 g/mol. The maximum Gasteiger partial charge on any atom is 0.238 e. The molecule has 5 heteroatoms. The normalized spacial score (nSPS) is 20.3. The zero-order valence-corrected chi connectivity index (χ0v) is 11.0. The number of nitrogens with one attached hydrogen (secondary N) is 1. The number of aliphatic hydroxyl groups excluding tert-OH is 1. The molecule has 1 saturated heterocycles. The first-order chi connectivity index (χ1) is 9.04. The molecule has 1 aliphatic rings. The molecule has 0 aromatic heterocycles. The molecule has 2 rings (SSSR count). The number of β-amino-alcohol motifs (C(OH)–C–C–N with tert-alkyl or cyclic N) is 1. The zero-order chi connectivity index (χ0) is 13.8. The molecule has 0 saturated carbocycles. The first kappa shape index (κ1) is 14.0. The van der Waals surface area contributed by atoms with Crippen molar-refractivity contribution in [2.45, 2.75) is 25.9 Å². The summed E-state index contributed by atoms with van der Waals surface area (Å²) in [4.78, 5) is 13.7. The quantitative estimate of drug-likeness (QED) is 0.872. The average molecular weight is 266 g/mol. The lowest BCUT2D eigenvalue weighted by molar-refractivity contribution is -0.118. The SMILES string of the molecule is Cc1ccc(NC(=O)CN2CCC[C@H](O)C2)cc1F. The Morgan fingerprint density at radius 3 is 3.05 bits per heavy atom. The van der Waals surface area contributed by atoms with Gasteiger partial charge in [-0.15, -0.1) is 0 Å². The Labute approximate surface area is 112 Å². The molecule has 104 valence electrons. The molecule has 1 aliphatic heterocycles. The summed E-state index contributed by atoms with van der Waals surface area (Å²) < 4.78 is 13.3. The Kier molecular flexibility index (Phi) is 4.50. The van der Waals surface area contributed by atoms with E-state index in [-0.39, 0.29) is 24.4 Å². The van der Waals surface area contributed by atoms with Crippen LogP contribution in [0.5, 0.6) is 0 Å². The number of hydrogen-bond donors (Lipinski definition) is 2. The van der Waals surface area contributed by atoms with Crippen molar-refractivity contribution in [1.82, 2.24) is 4.90 Å². The van der Waals surface area contributed by atoms with Gasteiger partial charge in [-0.05, 0) is 44.0 Å². The highest BCUT2D eigenvalue weighted by Crippen LogP contribution is 2.14. The highest BCUT2D eigenvalue weighted by atomic mass is 19.1. The lowest BCUT2D eigenvalue weighted by Gasteiger charge is -2.29. The molecule has 0 aliphatic carbocycles. The van der Waals surface area contributed by atoms with E-state index >= 15 is 0 Å². The number of rotatable bonds is 3. The van der Waals surface area contributed by atoms with E-state index in [2.05, 4.69) is 5.32 Å². The summed E-state index contributed by atoms with van der Waals surface area (Å²) in [5.74, 6) is -0.511. The molecule has 1 heterocycles. The lowest BCUT2D eigenvalue weighted by Crippen LogP contribution is -2.42. The Bertz CT molecular complexity index is 465. The number of aryl methyl sites for hydroxylation is 1. The maximum atomic E-state index is 13.3. The molecule has 1 atom stereocenters. The standard InChI is InChI=1S/C14H19FN2O2/c1-10-4-5-11(7-13(10)15)16-14(19)9-17-6-2-3-12(18)8-17/h4-5,7,12,18H,2-3,6,8-9H2,1H3,(H,16,19)/t12-/m0/s1. The number of likely N-dealkylation sites (tertiary alicyclic amines) is 1. The van der Waals surface area contributed by atoms with Gasteiger partial charge in [0.2, 0.25) is 5.91 Å². The summed E-state index contributed by atoms with van der Waals surface area (Å²) >= 11 is 0. The van der Waals surface area contributed by atoms with Crippen LogP contribution in [0, 0.1) is 12.7 Å². The minimum Gasteiger partial charge on any atom is -0.392 e. The molecule has 0 unspecified atom stereocenters. The number of halogens is 1. The summed E-state index contributed by atoms with van der Waals surface area (Å²) in [5, 5.41) is 12.2. The fourth-order valence-electron chi connectivity index (χ4n) is 2.25. The summed E-state index contributed by atoms with van der Waals surface area (Å²) in [7, 11) is 0. The summed E-state index contributed by atoms with van der Waals surface area (Å²) in [6.45, 7) is 3.24. The molecule has 0 spiro atoms. The molecular weight excluding hydrogens is 247 g/mol. The van der Waals surface area contributed by atoms with Crippen LogP contribution in [0.2, 0.25) is 0 Å². The number of piperidine rings is 1. The molecular formula is C14H19FN2O2. The Morgan fingerprint density at radius 2 is 2.37 bits per heavy atom. The molecule has 1 aromatic carbocycles. The second kappa shape index (κ2) is 6.12. The number of carbonyl (C=O) groups excluding carboxylic acids is 1. The van der Waals surface area contributed by atoms with Gasteiger partial charge in [0.15, 0.2) is 0 Å². The summed E-state index contributed by atoms with van der Waals surface area (Å²) in [5.41, 5.74) is 1.02. The first-order valence-corrected chi connectivity index (χ1v) is 6.51. The molecule has 2 N–H and O–H groups in total. The van der Waals surface area contributed by atoms with E-state index in [9.17, 15) is 14.3 Å². The Hall–Kier alpha value is -1.46. The van der Waals surface area contributed by atoms with E-state index in [1.807, 2.05) is 4.90 Å². The van der Waals surface area contributed by atoms with Gasteiger partial charge < -0.3 is 10.4 Å². The van der Waals surface area contributed by atoms with E-state index in [0.29, 0.717) is 17.8 Å². The van der Waals surface area contributed by atoms with Gasteiger partial charge >= 0.3 is 0 Å². The van der Waals surface area contributed by atoms with Gasteiger partial charge in [0, 0.05) is 12.2 Å². The summed E-state index contributed by atoms with van der Waals surface area (Å²) in [6.07, 6.45) is 1.34. The van der Waals surface area contributed by atoms with Crippen LogP contribution in [-0.4, -0.2) is 41.7 Å². The Balaban J connectivity index is 1.88. The van der Waals surface area contributed by atoms with Crippen molar-refractivity contribution in [3.05, 3.63) is 29.6 Å². The number of amides is 1. The highest BCUT2D eigenvalue weighted by Gasteiger charge is 2.19. The van der Waals surface area contributed by atoms with Crippen molar-refractivity contribution in [3.63, 3.8) is 0 Å². The third-order valence-corrected chi connectivity index (χ3v) is 3.30. The van der Waals surface area contributed by atoms with Crippen molar-refractivity contribution >= 4 is 11.6 Å². The van der Waals surface area contributed by atoms with Crippen LogP contribution in [0.1, 0.15) is 18.4 Å². The fourth-order valence-corrected chi connectivity index (χ4v) is 2.25. The van der Waals surface area contributed by atoms with Crippen LogP contribution >= 0.6 is 0 Å². The van der Waals surface area contributed by atoms with Crippen molar-refractivity contribution in [2.75, 3.05) is 25.0 Å². The van der Waals surface area contributed by atoms with Gasteiger partial charge in [0.1, 0.15) is 5.82 Å². The second-order valence-electron chi connectivity index (χ2n) is 5.04. The van der Waals surface area contributed by atoms with Crippen LogP contribution in [0.4, 0.5) is 10.1 Å². The number of hydrogen-bond acceptors (Lipinski definition) is 3. The zero-order valence-electron chi connectivity index (χ0n) is 11.0. The van der Waals surface area contributed by atoms with Crippen LogP contribution in [-0.2, 0) is 4.79 Å². The minimum absolute atomic E-state index is 0.183. The molecule has 4 nitrogen and oxygen atoms in total. The van der Waals surface area contributed by atoms with E-state index in [1.54, 1.807) is 19.1 Å². The molecule has 1 aromatic rings. The van der Waals surface area contributed by atoms with Crippen molar-refractivity contribution in [1.29, 1.82) is 0 Å². The average Bonchev–Trinajstić information content (AvgIpc) is 2.34. The maximum absolute atomic E-state index is 13.3. The highest BCUT2D eigenvalue weighted by molar-refractivity contribution is 5.92. The van der Waals surface area contributed by atoms with Crippen LogP contribution < -0.4 is 5.32 Å². The first-order valence-electron chi connectivity index (χ1n) is 6.51. The van der Waals surface area contributed by atoms with Crippen LogP contribution in [0.25, 0.3) is 0 Å². The predicted octanol–water partition coefficient (Wildman–Crippen LogP) is 1.53. The van der Waals surface area contributed by atoms with Gasteiger partial charge in [0.25, 0.3) is 0 Å². The van der Waals surface area contributed by atoms with Gasteiger partial charge in [-0.1, -0.05) is 6.07 Å². The summed E-state index contributed by atoms with van der Waals surface area (Å²) in [6, 6.07) is 4.63. The Morgan fingerprint density at radius 1 is 1.58 bits per heavy atom. The third-order valence-electron chi connectivity index (χ3n) is 3.30. The van der Waals surface area contributed by atoms with Gasteiger partial charge in [-0.3, -0.25) is 9.69 Å². The fraction of sp³-hybridized carbons (Fsp3) is 0.500. The molecule has 0 radical (unpaired) electrons. The molecule has 19 heavy (non-hydrogen) atoms. The molecule has 1 amide bonds. The van der Waals surface area contributed by atoms with Gasteiger partial charge in [-0.2, -0.15) is 0 Å². The molecule has 1 fully saturated rings. The lowest BCUT2D eigenvalue weighted by atomic mass is 10.1. The van der Waals surface area contributed by atoms with Gasteiger partial charge in [0.05, 0.1) is 12.6 Å².